The number of anilines is 2. The first-order chi connectivity index (χ1) is 14.4. The molecule has 0 radical (unpaired) electrons. The van der Waals surface area contributed by atoms with Gasteiger partial charge in [0.05, 0.1) is 29.9 Å². The number of carbonyl (C=O) groups is 3. The van der Waals surface area contributed by atoms with Crippen LogP contribution in [-0.2, 0) is 14.3 Å². The molecule has 2 aromatic rings. The Morgan fingerprint density at radius 1 is 1.13 bits per heavy atom. The number of nitrogens with one attached hydrogen (secondary N) is 1. The van der Waals surface area contributed by atoms with E-state index in [2.05, 4.69) is 5.32 Å². The predicted octanol–water partition coefficient (Wildman–Crippen LogP) is 3.64. The van der Waals surface area contributed by atoms with Gasteiger partial charge in [-0.25, -0.2) is 4.79 Å². The molecule has 1 aliphatic rings. The highest BCUT2D eigenvalue weighted by Crippen LogP contribution is 2.33. The van der Waals surface area contributed by atoms with Crippen molar-refractivity contribution in [1.29, 1.82) is 0 Å². The first-order valence-corrected chi connectivity index (χ1v) is 10.0. The topological polar surface area (TPSA) is 84.9 Å². The summed E-state index contributed by atoms with van der Waals surface area (Å²) < 4.78 is 10.8. The number of amides is 2. The Morgan fingerprint density at radius 2 is 1.83 bits per heavy atom. The minimum absolute atomic E-state index is 0.117. The lowest BCUT2D eigenvalue weighted by Gasteiger charge is -2.20. The molecule has 1 atom stereocenters. The Morgan fingerprint density at radius 3 is 2.50 bits per heavy atom. The lowest BCUT2D eigenvalue weighted by atomic mass is 10.1. The van der Waals surface area contributed by atoms with E-state index in [1.165, 1.54) is 0 Å². The summed E-state index contributed by atoms with van der Waals surface area (Å²) in [5.74, 6) is -0.616. The molecular weight excluding hydrogens is 384 g/mol. The highest BCUT2D eigenvalue weighted by Gasteiger charge is 2.36. The first kappa shape index (κ1) is 21.4. The van der Waals surface area contributed by atoms with E-state index < -0.39 is 11.9 Å². The van der Waals surface area contributed by atoms with Crippen LogP contribution in [0.25, 0.3) is 0 Å². The first-order valence-electron chi connectivity index (χ1n) is 10.0. The molecule has 1 saturated heterocycles. The van der Waals surface area contributed by atoms with E-state index in [9.17, 15) is 14.4 Å². The van der Waals surface area contributed by atoms with Crippen molar-refractivity contribution in [1.82, 2.24) is 0 Å². The zero-order chi connectivity index (χ0) is 21.7. The Kier molecular flexibility index (Phi) is 6.72. The van der Waals surface area contributed by atoms with E-state index in [0.717, 1.165) is 0 Å². The zero-order valence-corrected chi connectivity index (χ0v) is 17.4. The molecular formula is C23H26N2O5. The molecule has 30 heavy (non-hydrogen) atoms. The van der Waals surface area contributed by atoms with Crippen LogP contribution in [0, 0.1) is 5.92 Å². The molecule has 1 N–H and O–H groups in total. The van der Waals surface area contributed by atoms with Crippen molar-refractivity contribution in [3.8, 4) is 5.75 Å². The van der Waals surface area contributed by atoms with E-state index in [1.807, 2.05) is 31.2 Å². The monoisotopic (exact) mass is 410 g/mol. The summed E-state index contributed by atoms with van der Waals surface area (Å²) in [6.45, 7) is 6.22. The second kappa shape index (κ2) is 9.43. The highest BCUT2D eigenvalue weighted by molar-refractivity contribution is 6.04. The summed E-state index contributed by atoms with van der Waals surface area (Å²) in [6.07, 6.45) is -0.0713. The minimum atomic E-state index is -0.474. The van der Waals surface area contributed by atoms with Gasteiger partial charge in [-0.1, -0.05) is 12.1 Å². The van der Waals surface area contributed by atoms with Crippen molar-refractivity contribution < 1.29 is 23.9 Å². The molecule has 7 heteroatoms. The van der Waals surface area contributed by atoms with Crippen LogP contribution in [0.1, 0.15) is 37.6 Å². The lowest BCUT2D eigenvalue weighted by Crippen LogP contribution is -2.28. The average molecular weight is 410 g/mol. The summed E-state index contributed by atoms with van der Waals surface area (Å²) in [7, 11) is 0. The molecule has 7 nitrogen and oxygen atoms in total. The van der Waals surface area contributed by atoms with Crippen LogP contribution in [0.4, 0.5) is 11.4 Å². The van der Waals surface area contributed by atoms with Gasteiger partial charge in [-0.2, -0.15) is 0 Å². The van der Waals surface area contributed by atoms with Gasteiger partial charge in [0, 0.05) is 18.7 Å². The number of hydrogen-bond acceptors (Lipinski definition) is 5. The fourth-order valence-corrected chi connectivity index (χ4v) is 3.29. The number of hydrogen-bond donors (Lipinski definition) is 1. The fraction of sp³-hybridized carbons (Fsp3) is 0.348. The Bertz CT molecular complexity index is 923. The number of rotatable bonds is 7. The van der Waals surface area contributed by atoms with Crippen LogP contribution in [0.15, 0.2) is 48.5 Å². The molecule has 158 valence electrons. The molecule has 2 aromatic carbocycles. The van der Waals surface area contributed by atoms with Crippen molar-refractivity contribution in [2.75, 3.05) is 23.4 Å². The van der Waals surface area contributed by atoms with Gasteiger partial charge in [0.1, 0.15) is 5.75 Å². The van der Waals surface area contributed by atoms with Gasteiger partial charge in [0.15, 0.2) is 0 Å². The fourth-order valence-electron chi connectivity index (χ4n) is 3.29. The third-order valence-corrected chi connectivity index (χ3v) is 4.68. The summed E-state index contributed by atoms with van der Waals surface area (Å²) >= 11 is 0. The molecule has 2 amide bonds. The second-order valence-electron chi connectivity index (χ2n) is 7.33. The number of esters is 1. The smallest absolute Gasteiger partial charge is 0.338 e. The molecule has 0 aromatic heterocycles. The summed E-state index contributed by atoms with van der Waals surface area (Å²) in [4.78, 5) is 38.8. The van der Waals surface area contributed by atoms with E-state index in [0.29, 0.717) is 29.3 Å². The van der Waals surface area contributed by atoms with E-state index >= 15 is 0 Å². The van der Waals surface area contributed by atoms with Crippen molar-refractivity contribution >= 4 is 29.2 Å². The van der Waals surface area contributed by atoms with Crippen LogP contribution in [-0.4, -0.2) is 37.0 Å². The lowest BCUT2D eigenvalue weighted by molar-refractivity contribution is -0.122. The van der Waals surface area contributed by atoms with Crippen LogP contribution < -0.4 is 15.0 Å². The van der Waals surface area contributed by atoms with Crippen LogP contribution in [0.5, 0.6) is 5.75 Å². The molecule has 0 aliphatic carbocycles. The summed E-state index contributed by atoms with van der Waals surface area (Å²) in [5.41, 5.74) is 1.64. The van der Waals surface area contributed by atoms with Gasteiger partial charge in [-0.3, -0.25) is 9.59 Å². The maximum absolute atomic E-state index is 12.7. The SMILES string of the molecule is CCOc1ccccc1N1C[C@@H](C(=O)Nc2ccc(C(=O)OC(C)C)cc2)CC1=O. The van der Waals surface area contributed by atoms with Crippen LogP contribution in [0.2, 0.25) is 0 Å². The van der Waals surface area contributed by atoms with Crippen molar-refractivity contribution in [3.05, 3.63) is 54.1 Å². The molecule has 1 fully saturated rings. The quantitative estimate of drug-likeness (QED) is 0.705. The second-order valence-corrected chi connectivity index (χ2v) is 7.33. The van der Waals surface area contributed by atoms with Gasteiger partial charge in [0.2, 0.25) is 11.8 Å². The molecule has 0 spiro atoms. The van der Waals surface area contributed by atoms with Crippen molar-refractivity contribution in [2.45, 2.75) is 33.3 Å². The van der Waals surface area contributed by atoms with Crippen LogP contribution in [0.3, 0.4) is 0 Å². The minimum Gasteiger partial charge on any atom is -0.492 e. The van der Waals surface area contributed by atoms with Gasteiger partial charge < -0.3 is 19.7 Å². The summed E-state index contributed by atoms with van der Waals surface area (Å²) in [5, 5.41) is 2.82. The largest absolute Gasteiger partial charge is 0.492 e. The van der Waals surface area contributed by atoms with E-state index in [-0.39, 0.29) is 30.9 Å². The molecule has 0 bridgehead atoms. The van der Waals surface area contributed by atoms with Crippen LogP contribution >= 0.6 is 0 Å². The summed E-state index contributed by atoms with van der Waals surface area (Å²) in [6, 6.07) is 13.8. The normalized spacial score (nSPS) is 15.9. The molecule has 1 heterocycles. The number of para-hydroxylation sites is 2. The van der Waals surface area contributed by atoms with Crippen molar-refractivity contribution in [2.24, 2.45) is 5.92 Å². The highest BCUT2D eigenvalue weighted by atomic mass is 16.5. The average Bonchev–Trinajstić information content (AvgIpc) is 3.10. The third-order valence-electron chi connectivity index (χ3n) is 4.68. The number of nitrogens with zero attached hydrogens (tertiary/aromatic N) is 1. The number of ether oxygens (including phenoxy) is 2. The standard InChI is InChI=1S/C23H26N2O5/c1-4-29-20-8-6-5-7-19(20)25-14-17(13-21(25)26)22(27)24-18-11-9-16(10-12-18)23(28)30-15(2)3/h5-12,15,17H,4,13-14H2,1-3H3,(H,24,27)/t17-/m0/s1. The Hall–Kier alpha value is -3.35. The predicted molar refractivity (Wildman–Crippen MR) is 114 cm³/mol. The Balaban J connectivity index is 1.64. The molecule has 1 aliphatic heterocycles. The van der Waals surface area contributed by atoms with Gasteiger partial charge in [-0.05, 0) is 57.2 Å². The Labute approximate surface area is 176 Å². The molecule has 0 saturated carbocycles. The molecule has 0 unspecified atom stereocenters. The van der Waals surface area contributed by atoms with Crippen molar-refractivity contribution in [3.63, 3.8) is 0 Å². The molecule has 3 rings (SSSR count). The maximum atomic E-state index is 12.7. The van der Waals surface area contributed by atoms with Gasteiger partial charge >= 0.3 is 5.97 Å². The maximum Gasteiger partial charge on any atom is 0.338 e. The van der Waals surface area contributed by atoms with E-state index in [4.69, 9.17) is 9.47 Å². The van der Waals surface area contributed by atoms with Gasteiger partial charge in [-0.15, -0.1) is 0 Å². The third kappa shape index (κ3) is 4.97. The zero-order valence-electron chi connectivity index (χ0n) is 17.4. The van der Waals surface area contributed by atoms with Gasteiger partial charge in [0.25, 0.3) is 0 Å². The van der Waals surface area contributed by atoms with E-state index in [1.54, 1.807) is 43.0 Å². The number of carbonyl (C=O) groups excluding carboxylic acids is 3. The number of benzene rings is 2.